The van der Waals surface area contributed by atoms with Crippen LogP contribution < -0.4 is 16.4 Å². The predicted molar refractivity (Wildman–Crippen MR) is 434 cm³/mol. The van der Waals surface area contributed by atoms with Crippen LogP contribution in [0.1, 0.15) is 103 Å². The quantitative estimate of drug-likeness (QED) is 0.101. The van der Waals surface area contributed by atoms with Gasteiger partial charge in [-0.2, -0.15) is 0 Å². The predicted octanol–water partition coefficient (Wildman–Crippen LogP) is 24.1. The number of benzene rings is 15. The van der Waals surface area contributed by atoms with Crippen molar-refractivity contribution in [3.05, 3.63) is 331 Å². The van der Waals surface area contributed by atoms with E-state index in [4.69, 9.17) is 0 Å². The largest absolute Gasteiger partial charge is 0.310 e. The summed E-state index contributed by atoms with van der Waals surface area (Å²) in [7, 11) is 0. The Morgan fingerprint density at radius 2 is 0.663 bits per heavy atom. The summed E-state index contributed by atoms with van der Waals surface area (Å²) < 4.78 is 5.44. The maximum atomic E-state index is 2.73. The summed E-state index contributed by atoms with van der Waals surface area (Å²) in [4.78, 5) is 0. The summed E-state index contributed by atoms with van der Waals surface area (Å²) in [5.74, 6) is 0. The minimum atomic E-state index is -0.211. The first-order valence-corrected chi connectivity index (χ1v) is 36.2. The molecule has 0 amide bonds. The van der Waals surface area contributed by atoms with Crippen LogP contribution >= 0.6 is 0 Å². The van der Waals surface area contributed by atoms with Gasteiger partial charge < -0.3 is 9.13 Å². The lowest BCUT2D eigenvalue weighted by Gasteiger charge is -2.35. The number of fused-ring (bicyclic) bond motifs is 17. The van der Waals surface area contributed by atoms with E-state index in [1.54, 1.807) is 0 Å². The fraction of sp³-hybridized carbons (Fsp3) is 0.143. The summed E-state index contributed by atoms with van der Waals surface area (Å²) in [6, 6.07) is 114. The molecule has 0 radical (unpaired) electrons. The lowest BCUT2D eigenvalue weighted by Crippen LogP contribution is -2.59. The van der Waals surface area contributed by atoms with Gasteiger partial charge in [-0.3, -0.25) is 0 Å². The minimum absolute atomic E-state index is 0.0729. The summed E-state index contributed by atoms with van der Waals surface area (Å²) in [6.07, 6.45) is 0. The molecule has 0 spiro atoms. The molecule has 0 saturated heterocycles. The highest BCUT2D eigenvalue weighted by atomic mass is 15.0. The zero-order chi connectivity index (χ0) is 68.6. The van der Waals surface area contributed by atoms with Crippen molar-refractivity contribution in [3.63, 3.8) is 0 Å². The molecule has 4 heterocycles. The Morgan fingerprint density at radius 1 is 0.248 bits per heavy atom. The number of hydrogen-bond acceptors (Lipinski definition) is 0. The van der Waals surface area contributed by atoms with E-state index in [1.165, 1.54) is 193 Å². The van der Waals surface area contributed by atoms with Crippen LogP contribution in [0.3, 0.4) is 0 Å². The van der Waals surface area contributed by atoms with Crippen LogP contribution in [0.4, 0.5) is 0 Å². The van der Waals surface area contributed by atoms with E-state index < -0.39 is 0 Å². The van der Waals surface area contributed by atoms with Crippen LogP contribution in [-0.2, 0) is 21.7 Å². The Bertz CT molecular complexity index is 6140. The Morgan fingerprint density at radius 3 is 1.23 bits per heavy atom. The summed E-state index contributed by atoms with van der Waals surface area (Å²) >= 11 is 0. The first-order valence-electron chi connectivity index (χ1n) is 36.2. The van der Waals surface area contributed by atoms with Gasteiger partial charge in [0.05, 0.1) is 11.0 Å². The van der Waals surface area contributed by atoms with Crippen molar-refractivity contribution in [1.29, 1.82) is 0 Å². The van der Waals surface area contributed by atoms with Gasteiger partial charge in [-0.05, 0) is 186 Å². The minimum Gasteiger partial charge on any atom is -0.310 e. The van der Waals surface area contributed by atoms with Crippen molar-refractivity contribution in [1.82, 2.24) is 9.13 Å². The number of nitrogens with zero attached hydrogens (tertiary/aromatic N) is 2. The zero-order valence-corrected chi connectivity index (χ0v) is 59.3. The summed E-state index contributed by atoms with van der Waals surface area (Å²) in [5, 5.41) is 12.8. The molecule has 17 aromatic rings. The molecule has 2 aromatic heterocycles. The lowest BCUT2D eigenvalue weighted by molar-refractivity contribution is 0.590. The molecule has 15 aromatic carbocycles. The first-order chi connectivity index (χ1) is 48.9. The van der Waals surface area contributed by atoms with Crippen molar-refractivity contribution >= 4 is 99.0 Å². The van der Waals surface area contributed by atoms with Crippen LogP contribution in [0.25, 0.3) is 143 Å². The van der Waals surface area contributed by atoms with E-state index in [-0.39, 0.29) is 28.4 Å². The van der Waals surface area contributed by atoms with Crippen LogP contribution in [0.5, 0.6) is 0 Å². The van der Waals surface area contributed by atoms with Gasteiger partial charge in [-0.1, -0.05) is 324 Å². The molecule has 484 valence electrons. The van der Waals surface area contributed by atoms with Gasteiger partial charge in [-0.25, -0.2) is 0 Å². The summed E-state index contributed by atoms with van der Waals surface area (Å²) in [6.45, 7) is 23.5. The normalized spacial score (nSPS) is 13.0. The maximum Gasteiger partial charge on any atom is 0.252 e. The third kappa shape index (κ3) is 9.18. The molecule has 0 fully saturated rings. The molecule has 0 N–H and O–H groups in total. The molecule has 101 heavy (non-hydrogen) atoms. The Kier molecular flexibility index (Phi) is 13.3. The van der Waals surface area contributed by atoms with Crippen LogP contribution in [0.2, 0.25) is 0 Å². The molecule has 2 aliphatic heterocycles. The standard InChI is InChI=1S/C98H79BN2/c1-95(2,3)69-49-51-85-80(57-69)81-58-70(96(4,5)6)59-84-93(81)100(85)87-55-64(89-73(61-41-45-67(46-42-61)97(7,8)65-29-16-12-17-30-65)39-26-40-74(89)62-43-47-68(48-44-62)98(9,10)66-31-18-13-19-32-66)56-88-92(87)99(84)83-54-63(72-34-21-20-33-71(72)60-27-14-11-15-28-60)53-82-91-86(101(88)94(82)83)52-50-79-77-37-23-22-35-75(77)76-36-24-25-38-78(76)90(79)91/h11-59H,1-10H3. The summed E-state index contributed by atoms with van der Waals surface area (Å²) in [5.41, 5.74) is 30.6. The molecule has 0 aliphatic carbocycles. The van der Waals surface area contributed by atoms with Gasteiger partial charge in [-0.15, -0.1) is 0 Å². The van der Waals surface area contributed by atoms with Crippen molar-refractivity contribution in [2.45, 2.75) is 90.9 Å². The Hall–Kier alpha value is -11.3. The van der Waals surface area contributed by atoms with E-state index in [0.717, 1.165) is 0 Å². The van der Waals surface area contributed by atoms with Crippen molar-refractivity contribution < 1.29 is 0 Å². The average molecular weight is 1300 g/mol. The van der Waals surface area contributed by atoms with E-state index >= 15 is 0 Å². The highest BCUT2D eigenvalue weighted by Gasteiger charge is 2.43. The van der Waals surface area contributed by atoms with Crippen LogP contribution in [-0.4, -0.2) is 15.8 Å². The fourth-order valence-corrected chi connectivity index (χ4v) is 17.9. The highest BCUT2D eigenvalue weighted by molar-refractivity contribution is 7.00. The van der Waals surface area contributed by atoms with E-state index in [0.29, 0.717) is 0 Å². The van der Waals surface area contributed by atoms with Crippen LogP contribution in [0.15, 0.2) is 297 Å². The van der Waals surface area contributed by atoms with Crippen LogP contribution in [0, 0.1) is 0 Å². The van der Waals surface area contributed by atoms with Gasteiger partial charge in [0.25, 0.3) is 6.71 Å². The highest BCUT2D eigenvalue weighted by Crippen LogP contribution is 2.51. The average Bonchev–Trinajstić information content (AvgIpc) is 1.54. The molecule has 3 heteroatoms. The van der Waals surface area contributed by atoms with E-state index in [9.17, 15) is 0 Å². The van der Waals surface area contributed by atoms with Crippen molar-refractivity contribution in [2.24, 2.45) is 0 Å². The Labute approximate surface area is 592 Å². The van der Waals surface area contributed by atoms with E-state index in [1.807, 2.05) is 0 Å². The third-order valence-corrected chi connectivity index (χ3v) is 23.4. The molecule has 19 rings (SSSR count). The molecule has 0 saturated carbocycles. The first kappa shape index (κ1) is 60.9. The molecule has 0 unspecified atom stereocenters. The number of aromatic nitrogens is 2. The third-order valence-electron chi connectivity index (χ3n) is 23.4. The van der Waals surface area contributed by atoms with Gasteiger partial charge in [0, 0.05) is 60.2 Å². The molecule has 0 bridgehead atoms. The number of hydrogen-bond donors (Lipinski definition) is 0. The van der Waals surface area contributed by atoms with Gasteiger partial charge >= 0.3 is 0 Å². The fourth-order valence-electron chi connectivity index (χ4n) is 17.9. The van der Waals surface area contributed by atoms with Gasteiger partial charge in [0.2, 0.25) is 0 Å². The monoisotopic (exact) mass is 1290 g/mol. The van der Waals surface area contributed by atoms with E-state index in [2.05, 4.69) is 376 Å². The smallest absolute Gasteiger partial charge is 0.252 e. The maximum absolute atomic E-state index is 2.73. The second-order valence-electron chi connectivity index (χ2n) is 31.9. The lowest BCUT2D eigenvalue weighted by atomic mass is 9.34. The molecular formula is C98H79BN2. The molecule has 0 atom stereocenters. The van der Waals surface area contributed by atoms with Gasteiger partial charge in [0.1, 0.15) is 0 Å². The molecule has 2 nitrogen and oxygen atoms in total. The van der Waals surface area contributed by atoms with Gasteiger partial charge in [0.15, 0.2) is 0 Å². The second-order valence-corrected chi connectivity index (χ2v) is 31.9. The zero-order valence-electron chi connectivity index (χ0n) is 59.3. The van der Waals surface area contributed by atoms with Crippen molar-refractivity contribution in [3.8, 4) is 67.0 Å². The number of rotatable bonds is 9. The van der Waals surface area contributed by atoms with Crippen molar-refractivity contribution in [2.75, 3.05) is 0 Å². The SMILES string of the molecule is CC(C)(C)c1ccc2c(c1)c1cc(C(C)(C)C)cc3c1n2-c1cc(-c2c(-c4ccc(C(C)(C)c5ccccc5)cc4)cccc2-c2ccc(C(C)(C)c4ccccc4)cc2)cc2c1B3c1cc(-c3ccccc3-c3ccccc3)cc3c4c5c6ccccc6c6ccccc6c5ccc4n-2c13. The Balaban J connectivity index is 0.978. The molecular weight excluding hydrogens is 1220 g/mol. The second kappa shape index (κ2) is 22.1. The topological polar surface area (TPSA) is 9.86 Å². The molecule has 2 aliphatic rings.